The van der Waals surface area contributed by atoms with Crippen LogP contribution < -0.4 is 5.32 Å². The molecule has 0 saturated carbocycles. The molecule has 2 amide bonds. The number of hydrogen-bond donors (Lipinski definition) is 1. The third-order valence-electron chi connectivity index (χ3n) is 3.41. The van der Waals surface area contributed by atoms with Gasteiger partial charge in [-0.3, -0.25) is 19.4 Å². The highest BCUT2D eigenvalue weighted by Crippen LogP contribution is 2.17. The number of amides is 2. The molecule has 2 heterocycles. The Bertz CT molecular complexity index is 321. The Balaban J connectivity index is 1.93. The van der Waals surface area contributed by atoms with Crippen molar-refractivity contribution in [2.45, 2.75) is 6.92 Å². The second-order valence-corrected chi connectivity index (χ2v) is 4.56. The molecule has 6 heteroatoms. The van der Waals surface area contributed by atoms with Gasteiger partial charge in [-0.15, -0.1) is 0 Å². The Morgan fingerprint density at radius 1 is 1.12 bits per heavy atom. The van der Waals surface area contributed by atoms with Gasteiger partial charge in [-0.2, -0.15) is 0 Å². The highest BCUT2D eigenvalue weighted by Gasteiger charge is 2.30. The first kappa shape index (κ1) is 12.3. The first-order valence-corrected chi connectivity index (χ1v) is 5.92. The highest BCUT2D eigenvalue weighted by atomic mass is 16.2. The summed E-state index contributed by atoms with van der Waals surface area (Å²) < 4.78 is 0. The Morgan fingerprint density at radius 3 is 2.47 bits per heavy atom. The molecule has 2 fully saturated rings. The lowest BCUT2D eigenvalue weighted by atomic mass is 10.2. The van der Waals surface area contributed by atoms with Crippen molar-refractivity contribution in [3.8, 4) is 0 Å². The number of piperazine rings is 2. The van der Waals surface area contributed by atoms with Gasteiger partial charge in [0.2, 0.25) is 11.8 Å². The van der Waals surface area contributed by atoms with Crippen molar-refractivity contribution >= 4 is 11.8 Å². The average Bonchev–Trinajstić information content (AvgIpc) is 2.32. The monoisotopic (exact) mass is 239 g/mol. The molecule has 95 valence electrons. The molecule has 2 aliphatic heterocycles. The van der Waals surface area contributed by atoms with E-state index in [9.17, 15) is 9.59 Å². The topological polar surface area (TPSA) is 55.9 Å². The summed E-state index contributed by atoms with van der Waals surface area (Å²) in [6.07, 6.45) is 1.03. The number of carbonyl (C=O) groups excluding carboxylic acids is 2. The molecule has 1 N–H and O–H groups in total. The molecule has 0 aromatic heterocycles. The Hall–Kier alpha value is -1.14. The maximum absolute atomic E-state index is 11.6. The van der Waals surface area contributed by atoms with Crippen LogP contribution in [0.5, 0.6) is 0 Å². The van der Waals surface area contributed by atoms with Gasteiger partial charge in [0.1, 0.15) is 6.17 Å². The molecule has 2 aliphatic rings. The number of hydrogen-bond acceptors (Lipinski definition) is 4. The summed E-state index contributed by atoms with van der Waals surface area (Å²) in [6.45, 7) is 5.88. The van der Waals surface area contributed by atoms with E-state index in [1.54, 1.807) is 4.90 Å². The summed E-state index contributed by atoms with van der Waals surface area (Å²) in [5, 5.41) is 2.80. The van der Waals surface area contributed by atoms with Crippen LogP contribution in [0.25, 0.3) is 0 Å². The average molecular weight is 239 g/mol. The quantitative estimate of drug-likeness (QED) is 0.651. The fourth-order valence-corrected chi connectivity index (χ4v) is 2.15. The van der Waals surface area contributed by atoms with E-state index < -0.39 is 0 Å². The molecule has 2 saturated heterocycles. The van der Waals surface area contributed by atoms with Crippen LogP contribution in [-0.2, 0) is 9.59 Å². The number of rotatable bonds is 2. The van der Waals surface area contributed by atoms with Crippen LogP contribution in [0.15, 0.2) is 0 Å². The van der Waals surface area contributed by atoms with Gasteiger partial charge >= 0.3 is 0 Å². The lowest BCUT2D eigenvalue weighted by Crippen LogP contribution is -2.56. The van der Waals surface area contributed by atoms with Crippen LogP contribution >= 0.6 is 0 Å². The Kier molecular flexibility index (Phi) is 3.63. The van der Waals surface area contributed by atoms with Gasteiger partial charge in [0.25, 0.3) is 0 Å². The lowest BCUT2D eigenvalue weighted by molar-refractivity contribution is -0.135. The smallest absolute Gasteiger partial charge is 0.236 e. The zero-order valence-electron chi connectivity index (χ0n) is 10.4. The molecule has 2 rings (SSSR count). The van der Waals surface area contributed by atoms with E-state index in [0.717, 1.165) is 25.8 Å². The van der Waals surface area contributed by atoms with Crippen molar-refractivity contribution in [1.82, 2.24) is 20.0 Å². The van der Waals surface area contributed by atoms with Gasteiger partial charge < -0.3 is 10.2 Å². The van der Waals surface area contributed by atoms with Crippen LogP contribution in [0, 0.1) is 6.17 Å². The van der Waals surface area contributed by atoms with Crippen molar-refractivity contribution in [3.63, 3.8) is 0 Å². The van der Waals surface area contributed by atoms with Crippen LogP contribution in [0.1, 0.15) is 6.92 Å². The number of nitrogens with one attached hydrogen (secondary N) is 1. The molecule has 0 aromatic rings. The van der Waals surface area contributed by atoms with Crippen LogP contribution in [0.3, 0.4) is 0 Å². The van der Waals surface area contributed by atoms with Gasteiger partial charge in [-0.05, 0) is 6.92 Å². The Morgan fingerprint density at radius 2 is 1.82 bits per heavy atom. The molecule has 1 radical (unpaired) electrons. The second kappa shape index (κ2) is 5.01. The molecule has 17 heavy (non-hydrogen) atoms. The van der Waals surface area contributed by atoms with Crippen molar-refractivity contribution in [2.75, 3.05) is 46.3 Å². The van der Waals surface area contributed by atoms with E-state index >= 15 is 0 Å². The molecular formula is C11H19N4O2. The largest absolute Gasteiger partial charge is 0.354 e. The molecule has 6 nitrogen and oxygen atoms in total. The second-order valence-electron chi connectivity index (χ2n) is 4.56. The van der Waals surface area contributed by atoms with Crippen LogP contribution in [0.4, 0.5) is 0 Å². The van der Waals surface area contributed by atoms with Gasteiger partial charge in [0, 0.05) is 33.2 Å². The maximum Gasteiger partial charge on any atom is 0.236 e. The fraction of sp³-hybridized carbons (Fsp3) is 0.727. The molecule has 0 unspecified atom stereocenters. The van der Waals surface area contributed by atoms with Crippen LogP contribution in [-0.4, -0.2) is 72.8 Å². The molecule has 0 bridgehead atoms. The predicted octanol–water partition coefficient (Wildman–Crippen LogP) is -1.30. The maximum atomic E-state index is 11.6. The van der Waals surface area contributed by atoms with E-state index in [1.165, 1.54) is 0 Å². The van der Waals surface area contributed by atoms with Crippen LogP contribution in [0.2, 0.25) is 0 Å². The van der Waals surface area contributed by atoms with Crippen molar-refractivity contribution in [3.05, 3.63) is 6.17 Å². The number of nitrogens with zero attached hydrogens (tertiary/aromatic N) is 3. The van der Waals surface area contributed by atoms with E-state index in [1.807, 2.05) is 18.9 Å². The first-order valence-electron chi connectivity index (χ1n) is 5.92. The van der Waals surface area contributed by atoms with Gasteiger partial charge in [0.15, 0.2) is 0 Å². The molecule has 0 aliphatic carbocycles. The summed E-state index contributed by atoms with van der Waals surface area (Å²) in [4.78, 5) is 28.8. The zero-order chi connectivity index (χ0) is 12.4. The minimum atomic E-state index is 0.0519. The lowest BCUT2D eigenvalue weighted by Gasteiger charge is -2.41. The summed E-state index contributed by atoms with van der Waals surface area (Å²) in [7, 11) is 1.82. The minimum Gasteiger partial charge on any atom is -0.354 e. The van der Waals surface area contributed by atoms with E-state index in [4.69, 9.17) is 0 Å². The summed E-state index contributed by atoms with van der Waals surface area (Å²) in [6, 6.07) is 0. The molecule has 0 aromatic carbocycles. The highest BCUT2D eigenvalue weighted by molar-refractivity contribution is 5.79. The minimum absolute atomic E-state index is 0.0519. The Labute approximate surface area is 102 Å². The SMILES string of the molecule is C[C](N1CCNC(=O)C1)N1CCN(C)C(=O)C1. The van der Waals surface area contributed by atoms with Gasteiger partial charge in [-0.25, -0.2) is 0 Å². The molecule has 0 atom stereocenters. The van der Waals surface area contributed by atoms with Crippen molar-refractivity contribution in [1.29, 1.82) is 0 Å². The third kappa shape index (κ3) is 2.76. The summed E-state index contributed by atoms with van der Waals surface area (Å²) >= 11 is 0. The van der Waals surface area contributed by atoms with E-state index in [-0.39, 0.29) is 11.8 Å². The van der Waals surface area contributed by atoms with E-state index in [0.29, 0.717) is 19.6 Å². The number of carbonyl (C=O) groups is 2. The number of likely N-dealkylation sites (N-methyl/N-ethyl adjacent to an activating group) is 1. The van der Waals surface area contributed by atoms with Gasteiger partial charge in [-0.1, -0.05) is 0 Å². The molecular weight excluding hydrogens is 220 g/mol. The normalized spacial score (nSPS) is 24.3. The van der Waals surface area contributed by atoms with Crippen molar-refractivity contribution in [2.24, 2.45) is 0 Å². The predicted molar refractivity (Wildman–Crippen MR) is 62.7 cm³/mol. The summed E-state index contributed by atoms with van der Waals surface area (Å²) in [5.74, 6) is 0.188. The van der Waals surface area contributed by atoms with Gasteiger partial charge in [0.05, 0.1) is 13.1 Å². The fourth-order valence-electron chi connectivity index (χ4n) is 2.15. The standard InChI is InChI=1S/C11H19N4O2/c1-9(14-4-3-12-10(16)7-14)15-6-5-13(2)11(17)8-15/h3-8H2,1-2H3,(H,12,16). The molecule has 0 spiro atoms. The first-order chi connectivity index (χ1) is 8.08. The third-order valence-corrected chi connectivity index (χ3v) is 3.41. The van der Waals surface area contributed by atoms with E-state index in [2.05, 4.69) is 10.2 Å². The van der Waals surface area contributed by atoms with Crippen molar-refractivity contribution < 1.29 is 9.59 Å². The zero-order valence-corrected chi connectivity index (χ0v) is 10.4. The summed E-state index contributed by atoms with van der Waals surface area (Å²) in [5.41, 5.74) is 0.